The summed E-state index contributed by atoms with van der Waals surface area (Å²) in [5.41, 5.74) is 2.99. The molecule has 122 valence electrons. The van der Waals surface area contributed by atoms with Gasteiger partial charge in [-0.3, -0.25) is 4.79 Å². The molecule has 0 saturated carbocycles. The summed E-state index contributed by atoms with van der Waals surface area (Å²) in [7, 11) is 0. The Hall–Kier alpha value is -3.23. The fraction of sp³-hybridized carbons (Fsp3) is 0.0500. The van der Waals surface area contributed by atoms with Gasteiger partial charge in [-0.25, -0.2) is 9.97 Å². The van der Waals surface area contributed by atoms with Crippen LogP contribution >= 0.6 is 11.3 Å². The number of aryl methyl sites for hydroxylation is 1. The highest BCUT2D eigenvalue weighted by molar-refractivity contribution is 7.09. The van der Waals surface area contributed by atoms with Crippen LogP contribution in [-0.4, -0.2) is 15.9 Å². The van der Waals surface area contributed by atoms with Crippen LogP contribution in [0.2, 0.25) is 0 Å². The van der Waals surface area contributed by atoms with Crippen LogP contribution in [-0.2, 0) is 4.79 Å². The Balaban J connectivity index is 1.66. The SMILES string of the molecule is Cc1nc(C=CC(=O)Nc2cccc(C#Cc3ccccn3)c2)cs1. The van der Waals surface area contributed by atoms with Crippen molar-refractivity contribution in [2.45, 2.75) is 6.92 Å². The van der Waals surface area contributed by atoms with Crippen LogP contribution in [0, 0.1) is 18.8 Å². The van der Waals surface area contributed by atoms with Gasteiger partial charge in [-0.05, 0) is 49.3 Å². The summed E-state index contributed by atoms with van der Waals surface area (Å²) in [5, 5.41) is 5.71. The van der Waals surface area contributed by atoms with E-state index in [1.807, 2.05) is 54.8 Å². The van der Waals surface area contributed by atoms with E-state index in [4.69, 9.17) is 0 Å². The summed E-state index contributed by atoms with van der Waals surface area (Å²) in [4.78, 5) is 20.5. The first kappa shape index (κ1) is 16.6. The van der Waals surface area contributed by atoms with Crippen LogP contribution in [0.3, 0.4) is 0 Å². The zero-order valence-corrected chi connectivity index (χ0v) is 14.4. The topological polar surface area (TPSA) is 54.9 Å². The van der Waals surface area contributed by atoms with Gasteiger partial charge < -0.3 is 5.32 Å². The number of thiazole rings is 1. The number of rotatable bonds is 3. The van der Waals surface area contributed by atoms with Gasteiger partial charge in [-0.1, -0.05) is 18.1 Å². The molecule has 2 aromatic heterocycles. The minimum atomic E-state index is -0.208. The van der Waals surface area contributed by atoms with Crippen molar-refractivity contribution in [3.05, 3.63) is 82.1 Å². The van der Waals surface area contributed by atoms with Crippen molar-refractivity contribution in [3.8, 4) is 11.8 Å². The summed E-state index contributed by atoms with van der Waals surface area (Å²) in [6, 6.07) is 13.0. The van der Waals surface area contributed by atoms with Crippen LogP contribution in [0.25, 0.3) is 6.08 Å². The normalized spacial score (nSPS) is 10.3. The molecule has 0 radical (unpaired) electrons. The van der Waals surface area contributed by atoms with Gasteiger partial charge in [-0.2, -0.15) is 0 Å². The van der Waals surface area contributed by atoms with Crippen molar-refractivity contribution in [3.63, 3.8) is 0 Å². The van der Waals surface area contributed by atoms with Crippen LogP contribution in [0.1, 0.15) is 22.0 Å². The Bertz CT molecular complexity index is 965. The molecule has 2 heterocycles. The van der Waals surface area contributed by atoms with Crippen molar-refractivity contribution >= 4 is 29.0 Å². The molecule has 25 heavy (non-hydrogen) atoms. The summed E-state index contributed by atoms with van der Waals surface area (Å²) < 4.78 is 0. The van der Waals surface area contributed by atoms with Gasteiger partial charge in [0.15, 0.2) is 0 Å². The van der Waals surface area contributed by atoms with Crippen LogP contribution in [0.4, 0.5) is 5.69 Å². The second-order valence-electron chi connectivity index (χ2n) is 5.16. The minimum absolute atomic E-state index is 0.208. The number of carbonyl (C=O) groups is 1. The second kappa shape index (κ2) is 8.04. The molecule has 0 aliphatic heterocycles. The molecular formula is C20H15N3OS. The Morgan fingerprint density at radius 3 is 2.88 bits per heavy atom. The third-order valence-corrected chi connectivity index (χ3v) is 3.96. The van der Waals surface area contributed by atoms with E-state index in [0.717, 1.165) is 16.3 Å². The monoisotopic (exact) mass is 345 g/mol. The number of nitrogens with zero attached hydrogens (tertiary/aromatic N) is 2. The average Bonchev–Trinajstić information content (AvgIpc) is 3.05. The molecule has 0 fully saturated rings. The quantitative estimate of drug-likeness (QED) is 0.579. The standard InChI is InChI=1S/C20H15N3OS/c1-15-22-19(14-25-15)10-11-20(24)23-18-7-4-5-16(13-18)8-9-17-6-2-3-12-21-17/h2-7,10-14H,1H3,(H,23,24). The van der Waals surface area contributed by atoms with Crippen LogP contribution in [0.15, 0.2) is 60.1 Å². The van der Waals surface area contributed by atoms with E-state index in [2.05, 4.69) is 27.1 Å². The van der Waals surface area contributed by atoms with Crippen molar-refractivity contribution in [2.24, 2.45) is 0 Å². The molecule has 0 unspecified atom stereocenters. The number of nitrogens with one attached hydrogen (secondary N) is 1. The summed E-state index contributed by atoms with van der Waals surface area (Å²) >= 11 is 1.55. The summed E-state index contributed by atoms with van der Waals surface area (Å²) in [5.74, 6) is 5.83. The molecule has 3 rings (SSSR count). The van der Waals surface area contributed by atoms with Gasteiger partial charge in [0.25, 0.3) is 0 Å². The maximum atomic E-state index is 12.0. The number of anilines is 1. The lowest BCUT2D eigenvalue weighted by Gasteiger charge is -2.02. The van der Waals surface area contributed by atoms with Crippen LogP contribution in [0.5, 0.6) is 0 Å². The fourth-order valence-corrected chi connectivity index (χ4v) is 2.63. The molecule has 0 spiro atoms. The third-order valence-electron chi connectivity index (χ3n) is 3.17. The average molecular weight is 345 g/mol. The van der Waals surface area contributed by atoms with E-state index in [1.54, 1.807) is 23.6 Å². The van der Waals surface area contributed by atoms with Gasteiger partial charge in [0, 0.05) is 28.9 Å². The molecule has 4 nitrogen and oxygen atoms in total. The van der Waals surface area contributed by atoms with Crippen LogP contribution < -0.4 is 5.32 Å². The molecule has 0 aliphatic rings. The number of aromatic nitrogens is 2. The lowest BCUT2D eigenvalue weighted by molar-refractivity contribution is -0.111. The van der Waals surface area contributed by atoms with Crippen molar-refractivity contribution in [1.29, 1.82) is 0 Å². The zero-order chi connectivity index (χ0) is 17.5. The number of hydrogen-bond acceptors (Lipinski definition) is 4. The van der Waals surface area contributed by atoms with E-state index in [9.17, 15) is 4.79 Å². The van der Waals surface area contributed by atoms with Gasteiger partial charge in [0.05, 0.1) is 10.7 Å². The fourth-order valence-electron chi connectivity index (χ4n) is 2.05. The largest absolute Gasteiger partial charge is 0.322 e. The highest BCUT2D eigenvalue weighted by atomic mass is 32.1. The minimum Gasteiger partial charge on any atom is -0.322 e. The molecule has 1 aromatic carbocycles. The first-order valence-corrected chi connectivity index (χ1v) is 8.51. The lowest BCUT2D eigenvalue weighted by Crippen LogP contribution is -2.07. The van der Waals surface area contributed by atoms with Gasteiger partial charge in [0.1, 0.15) is 5.69 Å². The van der Waals surface area contributed by atoms with E-state index in [1.165, 1.54) is 6.08 Å². The van der Waals surface area contributed by atoms with E-state index < -0.39 is 0 Å². The molecular weight excluding hydrogens is 330 g/mol. The first-order valence-electron chi connectivity index (χ1n) is 7.63. The number of benzene rings is 1. The van der Waals surface area contributed by atoms with Gasteiger partial charge >= 0.3 is 0 Å². The highest BCUT2D eigenvalue weighted by Crippen LogP contribution is 2.12. The predicted molar refractivity (Wildman–Crippen MR) is 101 cm³/mol. The van der Waals surface area contributed by atoms with Gasteiger partial charge in [-0.15, -0.1) is 11.3 Å². The number of pyridine rings is 1. The Morgan fingerprint density at radius 2 is 2.12 bits per heavy atom. The molecule has 0 saturated heterocycles. The van der Waals surface area contributed by atoms with Crippen molar-refractivity contribution in [2.75, 3.05) is 5.32 Å². The Morgan fingerprint density at radius 1 is 1.20 bits per heavy atom. The van der Waals surface area contributed by atoms with Crippen molar-refractivity contribution < 1.29 is 4.79 Å². The predicted octanol–water partition coefficient (Wildman–Crippen LogP) is 3.90. The molecule has 0 bridgehead atoms. The second-order valence-corrected chi connectivity index (χ2v) is 6.22. The maximum absolute atomic E-state index is 12.0. The highest BCUT2D eigenvalue weighted by Gasteiger charge is 2.00. The first-order chi connectivity index (χ1) is 12.2. The molecule has 0 atom stereocenters. The summed E-state index contributed by atoms with van der Waals surface area (Å²) in [6.45, 7) is 1.93. The Kier molecular flexibility index (Phi) is 5.35. The van der Waals surface area contributed by atoms with E-state index >= 15 is 0 Å². The number of hydrogen-bond donors (Lipinski definition) is 1. The third kappa shape index (κ3) is 5.13. The molecule has 1 N–H and O–H groups in total. The van der Waals surface area contributed by atoms with Gasteiger partial charge in [0.2, 0.25) is 5.91 Å². The van der Waals surface area contributed by atoms with E-state index in [-0.39, 0.29) is 5.91 Å². The molecule has 0 aliphatic carbocycles. The maximum Gasteiger partial charge on any atom is 0.248 e. The molecule has 3 aromatic rings. The molecule has 1 amide bonds. The zero-order valence-electron chi connectivity index (χ0n) is 13.6. The summed E-state index contributed by atoms with van der Waals surface area (Å²) in [6.07, 6.45) is 4.88. The number of carbonyl (C=O) groups excluding carboxylic acids is 1. The molecule has 5 heteroatoms. The van der Waals surface area contributed by atoms with E-state index in [0.29, 0.717) is 11.4 Å². The Labute approximate surface area is 150 Å². The number of amides is 1. The smallest absolute Gasteiger partial charge is 0.248 e. The lowest BCUT2D eigenvalue weighted by atomic mass is 10.2. The van der Waals surface area contributed by atoms with Crippen molar-refractivity contribution in [1.82, 2.24) is 9.97 Å².